The van der Waals surface area contributed by atoms with Crippen LogP contribution in [0, 0.1) is 11.2 Å². The molecule has 1 aliphatic carbocycles. The first-order chi connectivity index (χ1) is 7.65. The summed E-state index contributed by atoms with van der Waals surface area (Å²) < 4.78 is 13.4. The zero-order chi connectivity index (χ0) is 11.6. The molecule has 88 valence electrons. The molecule has 1 nitrogen and oxygen atoms in total. The van der Waals surface area contributed by atoms with Crippen molar-refractivity contribution in [2.45, 2.75) is 32.7 Å². The first kappa shape index (κ1) is 11.9. The molecule has 1 aliphatic rings. The van der Waals surface area contributed by atoms with Crippen LogP contribution in [-0.2, 0) is 6.54 Å². The van der Waals surface area contributed by atoms with Crippen LogP contribution in [0.15, 0.2) is 18.2 Å². The molecule has 0 bridgehead atoms. The Morgan fingerprint density at radius 2 is 2.19 bits per heavy atom. The molecule has 0 atom stereocenters. The summed E-state index contributed by atoms with van der Waals surface area (Å²) in [7, 11) is 0. The lowest BCUT2D eigenvalue weighted by atomic mass is 10.0. The molecule has 0 aliphatic heterocycles. The smallest absolute Gasteiger partial charge is 0.127 e. The third-order valence-corrected chi connectivity index (χ3v) is 3.77. The van der Waals surface area contributed by atoms with Gasteiger partial charge in [-0.15, -0.1) is 0 Å². The molecule has 0 aromatic heterocycles. The van der Waals surface area contributed by atoms with E-state index in [9.17, 15) is 4.39 Å². The van der Waals surface area contributed by atoms with Crippen LogP contribution < -0.4 is 5.32 Å². The van der Waals surface area contributed by atoms with Crippen molar-refractivity contribution in [3.63, 3.8) is 0 Å². The summed E-state index contributed by atoms with van der Waals surface area (Å²) in [4.78, 5) is 0. The fourth-order valence-corrected chi connectivity index (χ4v) is 2.17. The van der Waals surface area contributed by atoms with Crippen molar-refractivity contribution in [2.24, 2.45) is 5.41 Å². The Kier molecular flexibility index (Phi) is 3.50. The minimum Gasteiger partial charge on any atom is -0.312 e. The zero-order valence-corrected chi connectivity index (χ0v) is 10.3. The minimum atomic E-state index is -0.182. The Morgan fingerprint density at radius 1 is 1.44 bits per heavy atom. The molecule has 1 N–H and O–H groups in total. The fourth-order valence-electron chi connectivity index (χ4n) is 1.97. The first-order valence-electron chi connectivity index (χ1n) is 5.80. The summed E-state index contributed by atoms with van der Waals surface area (Å²) in [5.41, 5.74) is 1.15. The van der Waals surface area contributed by atoms with E-state index < -0.39 is 0 Å². The average molecular weight is 242 g/mol. The van der Waals surface area contributed by atoms with Crippen LogP contribution in [0.3, 0.4) is 0 Å². The molecular formula is C13H17ClFN. The summed E-state index contributed by atoms with van der Waals surface area (Å²) in [5, 5.41) is 3.92. The molecule has 1 aromatic rings. The lowest BCUT2D eigenvalue weighted by Crippen LogP contribution is -2.23. The van der Waals surface area contributed by atoms with Gasteiger partial charge in [-0.3, -0.25) is 0 Å². The quantitative estimate of drug-likeness (QED) is 0.828. The Bertz CT molecular complexity index is 374. The van der Waals surface area contributed by atoms with Gasteiger partial charge in [0.1, 0.15) is 5.82 Å². The highest BCUT2D eigenvalue weighted by molar-refractivity contribution is 6.30. The molecule has 16 heavy (non-hydrogen) atoms. The third-order valence-electron chi connectivity index (χ3n) is 3.53. The standard InChI is InChI=1S/C13H17ClFN/c1-2-13(5-6-13)9-16-8-10-7-11(14)3-4-12(10)15/h3-4,7,16H,2,5-6,8-9H2,1H3. The van der Waals surface area contributed by atoms with Gasteiger partial charge in [-0.05, 0) is 42.9 Å². The van der Waals surface area contributed by atoms with Gasteiger partial charge in [-0.1, -0.05) is 18.5 Å². The van der Waals surface area contributed by atoms with Crippen molar-refractivity contribution in [2.75, 3.05) is 6.54 Å². The van der Waals surface area contributed by atoms with Crippen LogP contribution >= 0.6 is 11.6 Å². The summed E-state index contributed by atoms with van der Waals surface area (Å²) in [6.07, 6.45) is 3.81. The highest BCUT2D eigenvalue weighted by atomic mass is 35.5. The molecule has 0 radical (unpaired) electrons. The first-order valence-corrected chi connectivity index (χ1v) is 6.18. The predicted octanol–water partition coefficient (Wildman–Crippen LogP) is 3.76. The second-order valence-electron chi connectivity index (χ2n) is 4.69. The van der Waals surface area contributed by atoms with Gasteiger partial charge in [-0.25, -0.2) is 4.39 Å². The highest BCUT2D eigenvalue weighted by Gasteiger charge is 2.39. The number of hydrogen-bond donors (Lipinski definition) is 1. The van der Waals surface area contributed by atoms with E-state index in [1.807, 2.05) is 0 Å². The van der Waals surface area contributed by atoms with Gasteiger partial charge in [0, 0.05) is 23.7 Å². The fraction of sp³-hybridized carbons (Fsp3) is 0.538. The van der Waals surface area contributed by atoms with Crippen LogP contribution in [-0.4, -0.2) is 6.54 Å². The van der Waals surface area contributed by atoms with Crippen molar-refractivity contribution in [3.8, 4) is 0 Å². The second kappa shape index (κ2) is 4.72. The molecule has 0 saturated heterocycles. The van der Waals surface area contributed by atoms with E-state index in [1.165, 1.54) is 25.3 Å². The van der Waals surface area contributed by atoms with Gasteiger partial charge in [0.05, 0.1) is 0 Å². The lowest BCUT2D eigenvalue weighted by molar-refractivity contribution is 0.440. The minimum absolute atomic E-state index is 0.182. The van der Waals surface area contributed by atoms with Crippen LogP contribution in [0.4, 0.5) is 4.39 Å². The van der Waals surface area contributed by atoms with Gasteiger partial charge < -0.3 is 5.32 Å². The molecule has 1 aromatic carbocycles. The van der Waals surface area contributed by atoms with E-state index in [4.69, 9.17) is 11.6 Å². The van der Waals surface area contributed by atoms with Crippen molar-refractivity contribution in [3.05, 3.63) is 34.6 Å². The van der Waals surface area contributed by atoms with E-state index in [0.29, 0.717) is 22.5 Å². The monoisotopic (exact) mass is 241 g/mol. The summed E-state index contributed by atoms with van der Waals surface area (Å²) in [6.45, 7) is 3.76. The number of halogens is 2. The molecule has 1 saturated carbocycles. The van der Waals surface area contributed by atoms with Gasteiger partial charge in [-0.2, -0.15) is 0 Å². The van der Waals surface area contributed by atoms with E-state index in [2.05, 4.69) is 12.2 Å². The molecule has 0 amide bonds. The van der Waals surface area contributed by atoms with Crippen LogP contribution in [0.5, 0.6) is 0 Å². The highest BCUT2D eigenvalue weighted by Crippen LogP contribution is 2.47. The van der Waals surface area contributed by atoms with E-state index in [1.54, 1.807) is 12.1 Å². The molecule has 1 fully saturated rings. The normalized spacial score (nSPS) is 17.4. The number of nitrogens with one attached hydrogen (secondary N) is 1. The molecule has 3 heteroatoms. The number of rotatable bonds is 5. The molecule has 0 spiro atoms. The lowest BCUT2D eigenvalue weighted by Gasteiger charge is -2.13. The topological polar surface area (TPSA) is 12.0 Å². The molecule has 0 heterocycles. The van der Waals surface area contributed by atoms with Crippen LogP contribution in [0.25, 0.3) is 0 Å². The third kappa shape index (κ3) is 2.74. The van der Waals surface area contributed by atoms with Crippen LogP contribution in [0.1, 0.15) is 31.7 Å². The maximum atomic E-state index is 13.4. The summed E-state index contributed by atoms with van der Waals surface area (Å²) >= 11 is 5.83. The number of hydrogen-bond acceptors (Lipinski definition) is 1. The number of benzene rings is 1. The van der Waals surface area contributed by atoms with E-state index in [0.717, 1.165) is 6.54 Å². The Morgan fingerprint density at radius 3 is 2.81 bits per heavy atom. The molecular weight excluding hydrogens is 225 g/mol. The predicted molar refractivity (Wildman–Crippen MR) is 65.1 cm³/mol. The zero-order valence-electron chi connectivity index (χ0n) is 9.52. The van der Waals surface area contributed by atoms with Crippen LogP contribution in [0.2, 0.25) is 5.02 Å². The van der Waals surface area contributed by atoms with E-state index >= 15 is 0 Å². The van der Waals surface area contributed by atoms with Crippen molar-refractivity contribution in [1.29, 1.82) is 0 Å². The molecule has 2 rings (SSSR count). The van der Waals surface area contributed by atoms with Crippen molar-refractivity contribution >= 4 is 11.6 Å². The largest absolute Gasteiger partial charge is 0.312 e. The Balaban J connectivity index is 1.87. The molecule has 0 unspecified atom stereocenters. The summed E-state index contributed by atoms with van der Waals surface area (Å²) in [5.74, 6) is -0.182. The van der Waals surface area contributed by atoms with Crippen molar-refractivity contribution < 1.29 is 4.39 Å². The maximum absolute atomic E-state index is 13.4. The second-order valence-corrected chi connectivity index (χ2v) is 5.13. The Labute approximate surface area is 101 Å². The average Bonchev–Trinajstić information content (AvgIpc) is 3.04. The van der Waals surface area contributed by atoms with Gasteiger partial charge in [0.2, 0.25) is 0 Å². The van der Waals surface area contributed by atoms with Gasteiger partial charge in [0.15, 0.2) is 0 Å². The SMILES string of the molecule is CCC1(CNCc2cc(Cl)ccc2F)CC1. The van der Waals surface area contributed by atoms with Gasteiger partial charge >= 0.3 is 0 Å². The van der Waals surface area contributed by atoms with Crippen molar-refractivity contribution in [1.82, 2.24) is 5.32 Å². The summed E-state index contributed by atoms with van der Waals surface area (Å²) in [6, 6.07) is 4.69. The maximum Gasteiger partial charge on any atom is 0.127 e. The van der Waals surface area contributed by atoms with E-state index in [-0.39, 0.29) is 5.82 Å². The van der Waals surface area contributed by atoms with Gasteiger partial charge in [0.25, 0.3) is 0 Å². The Hall–Kier alpha value is -0.600.